The van der Waals surface area contributed by atoms with E-state index in [1.807, 2.05) is 0 Å². The highest BCUT2D eigenvalue weighted by atomic mass is 19.4. The van der Waals surface area contributed by atoms with Gasteiger partial charge in [-0.05, 0) is 23.8 Å². The molecule has 0 saturated heterocycles. The topological polar surface area (TPSA) is 45.5 Å². The second-order valence-electron chi connectivity index (χ2n) is 4.47. The molecule has 1 aliphatic heterocycles. The monoisotopic (exact) mass is 278 g/mol. The van der Waals surface area contributed by atoms with Gasteiger partial charge < -0.3 is 5.11 Å². The SMILES string of the molecule is Oc1cnccc1C1=Nc2cc(C(F)(F)F)ccc2C1. The summed E-state index contributed by atoms with van der Waals surface area (Å²) in [5.74, 6) is -0.0323. The lowest BCUT2D eigenvalue weighted by molar-refractivity contribution is -0.137. The van der Waals surface area contributed by atoms with E-state index >= 15 is 0 Å². The van der Waals surface area contributed by atoms with E-state index in [2.05, 4.69) is 9.98 Å². The molecule has 0 amide bonds. The third-order valence-corrected chi connectivity index (χ3v) is 3.14. The van der Waals surface area contributed by atoms with Crippen molar-refractivity contribution in [3.8, 4) is 5.75 Å². The van der Waals surface area contributed by atoms with E-state index in [1.165, 1.54) is 18.5 Å². The Kier molecular flexibility index (Phi) is 2.74. The molecule has 1 aromatic heterocycles. The van der Waals surface area contributed by atoms with Gasteiger partial charge in [-0.3, -0.25) is 9.98 Å². The molecule has 0 aliphatic carbocycles. The number of alkyl halides is 3. The van der Waals surface area contributed by atoms with Gasteiger partial charge >= 0.3 is 6.18 Å². The van der Waals surface area contributed by atoms with Crippen LogP contribution in [-0.2, 0) is 12.6 Å². The standard InChI is InChI=1S/C14H9F3N2O/c15-14(16,17)9-2-1-8-5-12(19-11(8)6-9)10-3-4-18-7-13(10)20/h1-4,6-7,20H,5H2. The van der Waals surface area contributed by atoms with Crippen molar-refractivity contribution in [2.24, 2.45) is 4.99 Å². The van der Waals surface area contributed by atoms with Crippen LogP contribution in [0.25, 0.3) is 0 Å². The molecule has 0 bridgehead atoms. The predicted octanol–water partition coefficient (Wildman–Crippen LogP) is 3.48. The quantitative estimate of drug-likeness (QED) is 0.868. The minimum Gasteiger partial charge on any atom is -0.506 e. The average molecular weight is 278 g/mol. The third-order valence-electron chi connectivity index (χ3n) is 3.14. The molecule has 0 fully saturated rings. The van der Waals surface area contributed by atoms with E-state index in [0.717, 1.165) is 12.1 Å². The number of pyridine rings is 1. The molecule has 1 aromatic carbocycles. The molecule has 3 nitrogen and oxygen atoms in total. The number of hydrogen-bond donors (Lipinski definition) is 1. The molecule has 1 N–H and O–H groups in total. The molecule has 20 heavy (non-hydrogen) atoms. The number of benzene rings is 1. The Hall–Kier alpha value is -2.37. The van der Waals surface area contributed by atoms with E-state index in [4.69, 9.17) is 0 Å². The Morgan fingerprint density at radius 2 is 1.95 bits per heavy atom. The molecular weight excluding hydrogens is 269 g/mol. The first-order valence-corrected chi connectivity index (χ1v) is 5.86. The normalized spacial score (nSPS) is 14.1. The van der Waals surface area contributed by atoms with Gasteiger partial charge in [0.15, 0.2) is 0 Å². The summed E-state index contributed by atoms with van der Waals surface area (Å²) in [6.07, 6.45) is -1.21. The van der Waals surface area contributed by atoms with Crippen molar-refractivity contribution >= 4 is 11.4 Å². The van der Waals surface area contributed by atoms with Gasteiger partial charge in [0.25, 0.3) is 0 Å². The van der Waals surface area contributed by atoms with Crippen molar-refractivity contribution in [1.82, 2.24) is 4.98 Å². The lowest BCUT2D eigenvalue weighted by Gasteiger charge is -2.07. The van der Waals surface area contributed by atoms with E-state index < -0.39 is 11.7 Å². The third kappa shape index (κ3) is 2.13. The minimum absolute atomic E-state index is 0.0323. The van der Waals surface area contributed by atoms with Gasteiger partial charge in [0, 0.05) is 18.2 Å². The summed E-state index contributed by atoms with van der Waals surface area (Å²) in [4.78, 5) is 7.94. The Morgan fingerprint density at radius 3 is 2.65 bits per heavy atom. The zero-order valence-corrected chi connectivity index (χ0v) is 10.1. The zero-order valence-electron chi connectivity index (χ0n) is 10.1. The fourth-order valence-electron chi connectivity index (χ4n) is 2.14. The second-order valence-corrected chi connectivity index (χ2v) is 4.47. The average Bonchev–Trinajstić information content (AvgIpc) is 2.80. The molecule has 0 unspecified atom stereocenters. The summed E-state index contributed by atoms with van der Waals surface area (Å²) < 4.78 is 37.9. The van der Waals surface area contributed by atoms with Crippen LogP contribution in [-0.4, -0.2) is 15.8 Å². The number of rotatable bonds is 1. The first-order valence-electron chi connectivity index (χ1n) is 5.86. The van der Waals surface area contributed by atoms with Crippen molar-refractivity contribution in [2.75, 3.05) is 0 Å². The minimum atomic E-state index is -4.38. The first kappa shape index (κ1) is 12.7. The molecule has 2 aromatic rings. The van der Waals surface area contributed by atoms with E-state index in [1.54, 1.807) is 6.07 Å². The maximum absolute atomic E-state index is 12.6. The molecule has 0 radical (unpaired) electrons. The summed E-state index contributed by atoms with van der Waals surface area (Å²) in [6.45, 7) is 0. The van der Waals surface area contributed by atoms with Crippen LogP contribution in [0.2, 0.25) is 0 Å². The van der Waals surface area contributed by atoms with Gasteiger partial charge in [-0.15, -0.1) is 0 Å². The molecular formula is C14H9F3N2O. The van der Waals surface area contributed by atoms with Crippen LogP contribution in [0.4, 0.5) is 18.9 Å². The summed E-state index contributed by atoms with van der Waals surface area (Å²) in [5.41, 5.74) is 1.32. The van der Waals surface area contributed by atoms with Gasteiger partial charge in [-0.1, -0.05) is 6.07 Å². The lowest BCUT2D eigenvalue weighted by atomic mass is 10.0. The van der Waals surface area contributed by atoms with Crippen LogP contribution in [0.15, 0.2) is 41.7 Å². The Labute approximate surface area is 112 Å². The summed E-state index contributed by atoms with van der Waals surface area (Å²) in [7, 11) is 0. The Balaban J connectivity index is 2.02. The number of aromatic hydroxyl groups is 1. The van der Waals surface area contributed by atoms with Gasteiger partial charge in [0.1, 0.15) is 5.75 Å². The highest BCUT2D eigenvalue weighted by molar-refractivity contribution is 6.08. The fourth-order valence-corrected chi connectivity index (χ4v) is 2.14. The maximum atomic E-state index is 12.6. The number of aliphatic imine (C=N–C) groups is 1. The number of halogens is 3. The first-order chi connectivity index (χ1) is 9.45. The highest BCUT2D eigenvalue weighted by Gasteiger charge is 2.32. The van der Waals surface area contributed by atoms with Crippen LogP contribution >= 0.6 is 0 Å². The van der Waals surface area contributed by atoms with Gasteiger partial charge in [0.05, 0.1) is 23.2 Å². The number of nitrogens with zero attached hydrogens (tertiary/aromatic N) is 2. The van der Waals surface area contributed by atoms with Crippen LogP contribution in [0.5, 0.6) is 5.75 Å². The second kappa shape index (κ2) is 4.33. The summed E-state index contributed by atoms with van der Waals surface area (Å²) >= 11 is 0. The fraction of sp³-hybridized carbons (Fsp3) is 0.143. The smallest absolute Gasteiger partial charge is 0.416 e. The van der Waals surface area contributed by atoms with E-state index in [9.17, 15) is 18.3 Å². The largest absolute Gasteiger partial charge is 0.506 e. The van der Waals surface area contributed by atoms with Crippen LogP contribution in [0.3, 0.4) is 0 Å². The van der Waals surface area contributed by atoms with E-state index in [-0.39, 0.29) is 5.75 Å². The van der Waals surface area contributed by atoms with Crippen molar-refractivity contribution in [1.29, 1.82) is 0 Å². The van der Waals surface area contributed by atoms with Gasteiger partial charge in [0.2, 0.25) is 0 Å². The highest BCUT2D eigenvalue weighted by Crippen LogP contribution is 2.37. The summed E-state index contributed by atoms with van der Waals surface area (Å²) in [5, 5.41) is 9.71. The summed E-state index contributed by atoms with van der Waals surface area (Å²) in [6, 6.07) is 5.09. The van der Waals surface area contributed by atoms with Gasteiger partial charge in [-0.25, -0.2) is 0 Å². The van der Waals surface area contributed by atoms with Crippen molar-refractivity contribution in [3.63, 3.8) is 0 Å². The number of fused-ring (bicyclic) bond motifs is 1. The van der Waals surface area contributed by atoms with Crippen molar-refractivity contribution < 1.29 is 18.3 Å². The maximum Gasteiger partial charge on any atom is 0.416 e. The van der Waals surface area contributed by atoms with Crippen molar-refractivity contribution in [3.05, 3.63) is 53.3 Å². The Morgan fingerprint density at radius 1 is 1.15 bits per heavy atom. The van der Waals surface area contributed by atoms with Crippen molar-refractivity contribution in [2.45, 2.75) is 12.6 Å². The molecule has 3 rings (SSSR count). The molecule has 1 aliphatic rings. The molecule has 102 valence electrons. The molecule has 6 heteroatoms. The van der Waals surface area contributed by atoms with Gasteiger partial charge in [-0.2, -0.15) is 13.2 Å². The number of hydrogen-bond acceptors (Lipinski definition) is 3. The van der Waals surface area contributed by atoms with Crippen LogP contribution in [0.1, 0.15) is 16.7 Å². The number of aromatic nitrogens is 1. The van der Waals surface area contributed by atoms with Crippen LogP contribution < -0.4 is 0 Å². The zero-order chi connectivity index (χ0) is 14.3. The molecule has 2 heterocycles. The Bertz CT molecular complexity index is 708. The molecule has 0 spiro atoms. The van der Waals surface area contributed by atoms with E-state index in [0.29, 0.717) is 28.9 Å². The molecule has 0 atom stereocenters. The lowest BCUT2D eigenvalue weighted by Crippen LogP contribution is -2.04. The predicted molar refractivity (Wildman–Crippen MR) is 67.2 cm³/mol. The molecule has 0 saturated carbocycles. The van der Waals surface area contributed by atoms with Crippen LogP contribution in [0, 0.1) is 0 Å².